The molecule has 2 aromatic carbocycles. The summed E-state index contributed by atoms with van der Waals surface area (Å²) in [4.78, 5) is 26.4. The third-order valence-electron chi connectivity index (χ3n) is 4.42. The molecule has 0 radical (unpaired) electrons. The number of thioether (sulfide) groups is 1. The van der Waals surface area contributed by atoms with Crippen molar-refractivity contribution in [1.82, 2.24) is 4.90 Å². The van der Waals surface area contributed by atoms with Crippen molar-refractivity contribution < 1.29 is 18.4 Å². The molecule has 0 N–H and O–H groups in total. The van der Waals surface area contributed by atoms with Gasteiger partial charge in [0.1, 0.15) is 17.3 Å². The molecule has 0 aliphatic carbocycles. The Morgan fingerprint density at radius 1 is 1.10 bits per heavy atom. The van der Waals surface area contributed by atoms with Gasteiger partial charge in [-0.15, -0.1) is 0 Å². The Morgan fingerprint density at radius 3 is 2.59 bits per heavy atom. The van der Waals surface area contributed by atoms with E-state index in [4.69, 9.17) is 4.42 Å². The molecule has 1 aliphatic rings. The standard InChI is InChI=1S/C22H15BrFNO3S/c1-13-2-8-17(18(23)10-13)19-9-7-16(28-19)11-20-21(26)25(22(27)29-20)12-14-3-5-15(24)6-4-14/h2-11H,12H2,1H3/b20-11-. The largest absolute Gasteiger partial charge is 0.457 e. The summed E-state index contributed by atoms with van der Waals surface area (Å²) in [6, 6.07) is 15.2. The maximum Gasteiger partial charge on any atom is 0.293 e. The van der Waals surface area contributed by atoms with Crippen LogP contribution < -0.4 is 0 Å². The first-order valence-corrected chi connectivity index (χ1v) is 10.4. The maximum absolute atomic E-state index is 13.1. The Kier molecular flexibility index (Phi) is 5.43. The summed E-state index contributed by atoms with van der Waals surface area (Å²) < 4.78 is 19.8. The molecule has 0 spiro atoms. The van der Waals surface area contributed by atoms with E-state index < -0.39 is 5.91 Å². The molecular weight excluding hydrogens is 457 g/mol. The van der Waals surface area contributed by atoms with Gasteiger partial charge in [0.25, 0.3) is 11.1 Å². The molecule has 1 saturated heterocycles. The fourth-order valence-corrected chi connectivity index (χ4v) is 4.44. The summed E-state index contributed by atoms with van der Waals surface area (Å²) in [5.41, 5.74) is 2.71. The molecule has 2 heterocycles. The summed E-state index contributed by atoms with van der Waals surface area (Å²) in [5, 5.41) is -0.362. The van der Waals surface area contributed by atoms with Gasteiger partial charge in [0.15, 0.2) is 0 Å². The number of aryl methyl sites for hydroxylation is 1. The zero-order valence-corrected chi connectivity index (χ0v) is 17.7. The van der Waals surface area contributed by atoms with Gasteiger partial charge < -0.3 is 4.42 Å². The maximum atomic E-state index is 13.1. The predicted molar refractivity (Wildman–Crippen MR) is 114 cm³/mol. The van der Waals surface area contributed by atoms with Crippen LogP contribution in [0.5, 0.6) is 0 Å². The molecule has 29 heavy (non-hydrogen) atoms. The number of amides is 2. The molecule has 4 rings (SSSR count). The van der Waals surface area contributed by atoms with Crippen molar-refractivity contribution in [2.45, 2.75) is 13.5 Å². The number of imide groups is 1. The number of halogens is 2. The Labute approximate surface area is 179 Å². The molecule has 0 saturated carbocycles. The van der Waals surface area contributed by atoms with Crippen molar-refractivity contribution in [1.29, 1.82) is 0 Å². The lowest BCUT2D eigenvalue weighted by atomic mass is 10.1. The lowest BCUT2D eigenvalue weighted by Gasteiger charge is -2.12. The third kappa shape index (κ3) is 4.21. The highest BCUT2D eigenvalue weighted by molar-refractivity contribution is 9.10. The molecule has 1 aliphatic heterocycles. The summed E-state index contributed by atoms with van der Waals surface area (Å²) in [7, 11) is 0. The van der Waals surface area contributed by atoms with E-state index >= 15 is 0 Å². The van der Waals surface area contributed by atoms with E-state index in [1.165, 1.54) is 12.1 Å². The fraction of sp³-hybridized carbons (Fsp3) is 0.0909. The van der Waals surface area contributed by atoms with Crippen LogP contribution in [0.25, 0.3) is 17.4 Å². The molecule has 7 heteroatoms. The number of carbonyl (C=O) groups excluding carboxylic acids is 2. The quantitative estimate of drug-likeness (QED) is 0.413. The number of hydrogen-bond acceptors (Lipinski definition) is 4. The molecule has 146 valence electrons. The first kappa shape index (κ1) is 19.7. The second kappa shape index (κ2) is 8.00. The Balaban J connectivity index is 1.54. The number of furan rings is 1. The van der Waals surface area contributed by atoms with Gasteiger partial charge in [-0.3, -0.25) is 14.5 Å². The van der Waals surface area contributed by atoms with Crippen LogP contribution in [0.15, 0.2) is 68.4 Å². The second-order valence-corrected chi connectivity index (χ2v) is 8.43. The molecule has 0 unspecified atom stereocenters. The molecule has 4 nitrogen and oxygen atoms in total. The normalized spacial score (nSPS) is 15.6. The Morgan fingerprint density at radius 2 is 1.86 bits per heavy atom. The van der Waals surface area contributed by atoms with E-state index in [-0.39, 0.29) is 17.6 Å². The van der Waals surface area contributed by atoms with Gasteiger partial charge in [0, 0.05) is 16.1 Å². The zero-order valence-electron chi connectivity index (χ0n) is 15.3. The minimum Gasteiger partial charge on any atom is -0.457 e. The van der Waals surface area contributed by atoms with Crippen molar-refractivity contribution in [2.24, 2.45) is 0 Å². The number of benzene rings is 2. The van der Waals surface area contributed by atoms with Crippen molar-refractivity contribution >= 4 is 44.9 Å². The van der Waals surface area contributed by atoms with Crippen molar-refractivity contribution in [3.8, 4) is 11.3 Å². The van der Waals surface area contributed by atoms with E-state index in [9.17, 15) is 14.0 Å². The predicted octanol–water partition coefficient (Wildman–Crippen LogP) is 6.39. The monoisotopic (exact) mass is 471 g/mol. The molecular formula is C22H15BrFNO3S. The van der Waals surface area contributed by atoms with Gasteiger partial charge in [0.05, 0.1) is 11.4 Å². The van der Waals surface area contributed by atoms with Crippen LogP contribution in [0.4, 0.5) is 9.18 Å². The van der Waals surface area contributed by atoms with Gasteiger partial charge in [-0.25, -0.2) is 4.39 Å². The molecule has 3 aromatic rings. The van der Waals surface area contributed by atoms with E-state index in [2.05, 4.69) is 15.9 Å². The highest BCUT2D eigenvalue weighted by Crippen LogP contribution is 2.35. The Hall–Kier alpha value is -2.64. The highest BCUT2D eigenvalue weighted by Gasteiger charge is 2.35. The molecule has 0 bridgehead atoms. The molecule has 1 aromatic heterocycles. The van der Waals surface area contributed by atoms with E-state index in [0.717, 1.165) is 32.3 Å². The molecule has 0 atom stereocenters. The lowest BCUT2D eigenvalue weighted by molar-refractivity contribution is -0.123. The van der Waals surface area contributed by atoms with Gasteiger partial charge in [0.2, 0.25) is 0 Å². The van der Waals surface area contributed by atoms with Crippen LogP contribution >= 0.6 is 27.7 Å². The van der Waals surface area contributed by atoms with Crippen LogP contribution in [-0.2, 0) is 11.3 Å². The third-order valence-corrected chi connectivity index (χ3v) is 5.98. The van der Waals surface area contributed by atoms with Gasteiger partial charge in [-0.1, -0.05) is 34.1 Å². The summed E-state index contributed by atoms with van der Waals surface area (Å²) in [6.07, 6.45) is 1.57. The van der Waals surface area contributed by atoms with Crippen LogP contribution in [-0.4, -0.2) is 16.0 Å². The van der Waals surface area contributed by atoms with Crippen molar-refractivity contribution in [3.63, 3.8) is 0 Å². The van der Waals surface area contributed by atoms with E-state index in [1.807, 2.05) is 31.2 Å². The highest BCUT2D eigenvalue weighted by atomic mass is 79.9. The number of nitrogens with zero attached hydrogens (tertiary/aromatic N) is 1. The van der Waals surface area contributed by atoms with Crippen LogP contribution in [0.1, 0.15) is 16.9 Å². The SMILES string of the molecule is Cc1ccc(-c2ccc(/C=C3\SC(=O)N(Cc4ccc(F)cc4)C3=O)o2)c(Br)c1. The van der Waals surface area contributed by atoms with Crippen LogP contribution in [0.2, 0.25) is 0 Å². The summed E-state index contributed by atoms with van der Waals surface area (Å²) in [5.74, 6) is 0.392. The minimum absolute atomic E-state index is 0.0992. The van der Waals surface area contributed by atoms with Gasteiger partial charge >= 0.3 is 0 Å². The molecule has 2 amide bonds. The van der Waals surface area contributed by atoms with Gasteiger partial charge in [-0.05, 0) is 66.2 Å². The first-order valence-electron chi connectivity index (χ1n) is 8.77. The number of hydrogen-bond donors (Lipinski definition) is 0. The summed E-state index contributed by atoms with van der Waals surface area (Å²) >= 11 is 4.40. The molecule has 1 fully saturated rings. The van der Waals surface area contributed by atoms with E-state index in [1.54, 1.807) is 24.3 Å². The average molecular weight is 472 g/mol. The Bertz CT molecular complexity index is 1140. The summed E-state index contributed by atoms with van der Waals surface area (Å²) in [6.45, 7) is 2.10. The average Bonchev–Trinajstić information content (AvgIpc) is 3.24. The number of carbonyl (C=O) groups is 2. The topological polar surface area (TPSA) is 50.5 Å². The van der Waals surface area contributed by atoms with Crippen LogP contribution in [0.3, 0.4) is 0 Å². The van der Waals surface area contributed by atoms with E-state index in [0.29, 0.717) is 22.0 Å². The van der Waals surface area contributed by atoms with Crippen molar-refractivity contribution in [2.75, 3.05) is 0 Å². The van der Waals surface area contributed by atoms with Crippen LogP contribution in [0, 0.1) is 12.7 Å². The van der Waals surface area contributed by atoms with Gasteiger partial charge in [-0.2, -0.15) is 0 Å². The number of rotatable bonds is 4. The lowest BCUT2D eigenvalue weighted by Crippen LogP contribution is -2.27. The fourth-order valence-electron chi connectivity index (χ4n) is 2.93. The smallest absolute Gasteiger partial charge is 0.293 e. The zero-order chi connectivity index (χ0) is 20.5. The minimum atomic E-state index is -0.390. The van der Waals surface area contributed by atoms with Crippen molar-refractivity contribution in [3.05, 3.63) is 86.7 Å². The second-order valence-electron chi connectivity index (χ2n) is 6.58. The first-order chi connectivity index (χ1) is 13.9.